The topological polar surface area (TPSA) is 51.8 Å². The van der Waals surface area contributed by atoms with Crippen molar-refractivity contribution in [3.05, 3.63) is 39.7 Å². The molecular formula is C10H6BrClFN3. The van der Waals surface area contributed by atoms with Crippen molar-refractivity contribution in [1.29, 1.82) is 0 Å². The standard InChI is InChI=1S/C10H6BrClFN3/c11-7-8(15-10(14)16-9(7)12)5-3-1-2-4-6(5)13/h1-4H,(H2,14,15,16). The maximum Gasteiger partial charge on any atom is 0.222 e. The Kier molecular flexibility index (Phi) is 3.07. The number of rotatable bonds is 1. The lowest BCUT2D eigenvalue weighted by molar-refractivity contribution is 0.630. The van der Waals surface area contributed by atoms with Gasteiger partial charge in [-0.15, -0.1) is 0 Å². The first-order valence-electron chi connectivity index (χ1n) is 4.33. The first kappa shape index (κ1) is 11.3. The highest BCUT2D eigenvalue weighted by Gasteiger charge is 2.14. The zero-order valence-electron chi connectivity index (χ0n) is 7.92. The lowest BCUT2D eigenvalue weighted by atomic mass is 10.1. The second kappa shape index (κ2) is 4.35. The summed E-state index contributed by atoms with van der Waals surface area (Å²) >= 11 is 9.03. The van der Waals surface area contributed by atoms with E-state index in [1.54, 1.807) is 18.2 Å². The van der Waals surface area contributed by atoms with Crippen LogP contribution in [0.25, 0.3) is 11.3 Å². The van der Waals surface area contributed by atoms with Crippen molar-refractivity contribution in [2.45, 2.75) is 0 Å². The largest absolute Gasteiger partial charge is 0.368 e. The summed E-state index contributed by atoms with van der Waals surface area (Å²) in [5.74, 6) is -0.385. The van der Waals surface area contributed by atoms with Gasteiger partial charge in [0, 0.05) is 5.56 Å². The minimum Gasteiger partial charge on any atom is -0.368 e. The van der Waals surface area contributed by atoms with Gasteiger partial charge in [0.1, 0.15) is 11.0 Å². The monoisotopic (exact) mass is 301 g/mol. The number of hydrogen-bond acceptors (Lipinski definition) is 3. The molecule has 0 aliphatic carbocycles. The van der Waals surface area contributed by atoms with E-state index < -0.39 is 5.82 Å². The molecule has 0 aliphatic heterocycles. The van der Waals surface area contributed by atoms with Gasteiger partial charge in [0.15, 0.2) is 0 Å². The number of nitrogen functional groups attached to an aromatic ring is 1. The average Bonchev–Trinajstić information content (AvgIpc) is 2.24. The first-order valence-corrected chi connectivity index (χ1v) is 5.50. The van der Waals surface area contributed by atoms with Crippen molar-refractivity contribution in [2.24, 2.45) is 0 Å². The van der Waals surface area contributed by atoms with E-state index in [2.05, 4.69) is 25.9 Å². The number of aromatic nitrogens is 2. The number of benzene rings is 1. The van der Waals surface area contributed by atoms with Crippen LogP contribution in [0.3, 0.4) is 0 Å². The molecule has 0 radical (unpaired) electrons. The summed E-state index contributed by atoms with van der Waals surface area (Å²) in [5, 5.41) is 0.158. The number of hydrogen-bond donors (Lipinski definition) is 1. The van der Waals surface area contributed by atoms with E-state index in [4.69, 9.17) is 17.3 Å². The maximum absolute atomic E-state index is 13.6. The zero-order valence-corrected chi connectivity index (χ0v) is 10.3. The number of anilines is 1. The number of halogens is 3. The fraction of sp³-hybridized carbons (Fsp3) is 0. The highest BCUT2D eigenvalue weighted by molar-refractivity contribution is 9.10. The molecule has 0 saturated heterocycles. The summed E-state index contributed by atoms with van der Waals surface area (Å²) in [6.07, 6.45) is 0. The molecule has 3 nitrogen and oxygen atoms in total. The number of nitrogens with two attached hydrogens (primary N) is 1. The molecule has 1 heterocycles. The summed E-state index contributed by atoms with van der Waals surface area (Å²) in [6, 6.07) is 6.24. The van der Waals surface area contributed by atoms with Crippen LogP contribution in [-0.4, -0.2) is 9.97 Å². The Hall–Kier alpha value is -1.20. The molecule has 0 saturated carbocycles. The van der Waals surface area contributed by atoms with Crippen LogP contribution in [0.1, 0.15) is 0 Å². The highest BCUT2D eigenvalue weighted by atomic mass is 79.9. The lowest BCUT2D eigenvalue weighted by Gasteiger charge is -2.06. The van der Waals surface area contributed by atoms with Crippen molar-refractivity contribution < 1.29 is 4.39 Å². The molecule has 0 fully saturated rings. The van der Waals surface area contributed by atoms with Crippen molar-refractivity contribution in [3.63, 3.8) is 0 Å². The van der Waals surface area contributed by atoms with Gasteiger partial charge < -0.3 is 5.73 Å². The molecule has 0 bridgehead atoms. The molecule has 1 aromatic heterocycles. The first-order chi connectivity index (χ1) is 7.59. The molecule has 0 unspecified atom stereocenters. The minimum absolute atomic E-state index is 0.00598. The van der Waals surface area contributed by atoms with Crippen molar-refractivity contribution in [1.82, 2.24) is 9.97 Å². The SMILES string of the molecule is Nc1nc(Cl)c(Br)c(-c2ccccc2F)n1. The highest BCUT2D eigenvalue weighted by Crippen LogP contribution is 2.32. The molecule has 16 heavy (non-hydrogen) atoms. The predicted octanol–water partition coefficient (Wildman–Crippen LogP) is 3.28. The molecule has 0 aliphatic rings. The summed E-state index contributed by atoms with van der Waals surface area (Å²) in [7, 11) is 0. The Morgan fingerprint density at radius 2 is 1.94 bits per heavy atom. The van der Waals surface area contributed by atoms with Gasteiger partial charge in [-0.25, -0.2) is 14.4 Å². The van der Waals surface area contributed by atoms with Gasteiger partial charge in [0.2, 0.25) is 5.95 Å². The predicted molar refractivity (Wildman–Crippen MR) is 64.5 cm³/mol. The average molecular weight is 303 g/mol. The normalized spacial score (nSPS) is 10.4. The van der Waals surface area contributed by atoms with E-state index in [1.165, 1.54) is 6.07 Å². The van der Waals surface area contributed by atoms with Crippen molar-refractivity contribution in [3.8, 4) is 11.3 Å². The molecule has 82 valence electrons. The third-order valence-corrected chi connectivity index (χ3v) is 3.21. The quantitative estimate of drug-likeness (QED) is 0.823. The van der Waals surface area contributed by atoms with Crippen LogP contribution in [-0.2, 0) is 0 Å². The van der Waals surface area contributed by atoms with Crippen molar-refractivity contribution in [2.75, 3.05) is 5.73 Å². The van der Waals surface area contributed by atoms with Crippen LogP contribution in [0.15, 0.2) is 28.7 Å². The Morgan fingerprint density at radius 3 is 2.62 bits per heavy atom. The Balaban J connectivity index is 2.69. The zero-order chi connectivity index (χ0) is 11.7. The van der Waals surface area contributed by atoms with Crippen LogP contribution < -0.4 is 5.73 Å². The van der Waals surface area contributed by atoms with Crippen molar-refractivity contribution >= 4 is 33.5 Å². The Bertz CT molecular complexity index is 548. The summed E-state index contributed by atoms with van der Waals surface area (Å²) < 4.78 is 14.0. The smallest absolute Gasteiger partial charge is 0.222 e. The van der Waals surface area contributed by atoms with E-state index in [-0.39, 0.29) is 11.1 Å². The molecule has 0 spiro atoms. The fourth-order valence-electron chi connectivity index (χ4n) is 1.27. The van der Waals surface area contributed by atoms with E-state index in [0.29, 0.717) is 15.7 Å². The van der Waals surface area contributed by atoms with E-state index in [1.807, 2.05) is 0 Å². The minimum atomic E-state index is -0.391. The summed E-state index contributed by atoms with van der Waals surface area (Å²) in [4.78, 5) is 7.71. The number of nitrogens with zero attached hydrogens (tertiary/aromatic N) is 2. The second-order valence-corrected chi connectivity index (χ2v) is 4.17. The van der Waals surface area contributed by atoms with Crippen LogP contribution in [0.4, 0.5) is 10.3 Å². The van der Waals surface area contributed by atoms with Crippen LogP contribution in [0.2, 0.25) is 5.15 Å². The molecule has 0 atom stereocenters. The Labute approximate surface area is 105 Å². The third kappa shape index (κ3) is 2.01. The van der Waals surface area contributed by atoms with Gasteiger partial charge in [0.25, 0.3) is 0 Å². The van der Waals surface area contributed by atoms with E-state index in [9.17, 15) is 4.39 Å². The van der Waals surface area contributed by atoms with Crippen LogP contribution in [0.5, 0.6) is 0 Å². The van der Waals surface area contributed by atoms with Gasteiger partial charge in [-0.1, -0.05) is 23.7 Å². The van der Waals surface area contributed by atoms with Gasteiger partial charge in [-0.05, 0) is 28.1 Å². The fourth-order valence-corrected chi connectivity index (χ4v) is 1.83. The molecule has 2 N–H and O–H groups in total. The van der Waals surface area contributed by atoms with E-state index in [0.717, 1.165) is 0 Å². The molecule has 6 heteroatoms. The van der Waals surface area contributed by atoms with Gasteiger partial charge in [-0.2, -0.15) is 0 Å². The molecule has 0 amide bonds. The molecule has 2 aromatic rings. The van der Waals surface area contributed by atoms with Gasteiger partial charge >= 0.3 is 0 Å². The molecule has 2 rings (SSSR count). The third-order valence-electron chi connectivity index (χ3n) is 1.96. The second-order valence-electron chi connectivity index (χ2n) is 3.02. The van der Waals surface area contributed by atoms with Crippen LogP contribution >= 0.6 is 27.5 Å². The van der Waals surface area contributed by atoms with Gasteiger partial charge in [0.05, 0.1) is 10.2 Å². The summed E-state index contributed by atoms with van der Waals surface area (Å²) in [6.45, 7) is 0. The Morgan fingerprint density at radius 1 is 1.25 bits per heavy atom. The van der Waals surface area contributed by atoms with E-state index >= 15 is 0 Å². The molecule has 1 aromatic carbocycles. The summed E-state index contributed by atoms with van der Waals surface area (Å²) in [5.41, 5.74) is 6.13. The van der Waals surface area contributed by atoms with Gasteiger partial charge in [-0.3, -0.25) is 0 Å². The molecular weight excluding hydrogens is 296 g/mol. The van der Waals surface area contributed by atoms with Crippen LogP contribution in [0, 0.1) is 5.82 Å². The maximum atomic E-state index is 13.6. The lowest BCUT2D eigenvalue weighted by Crippen LogP contribution is -1.99.